The lowest BCUT2D eigenvalue weighted by Gasteiger charge is -2.16. The summed E-state index contributed by atoms with van der Waals surface area (Å²) >= 11 is 6.15. The maximum absolute atomic E-state index is 11.2. The highest BCUT2D eigenvalue weighted by Crippen LogP contribution is 2.28. The third kappa shape index (κ3) is 8.81. The predicted molar refractivity (Wildman–Crippen MR) is 96.6 cm³/mol. The molecule has 1 amide bonds. The number of hydrogen-bond acceptors (Lipinski definition) is 6. The molecule has 0 aliphatic heterocycles. The van der Waals surface area contributed by atoms with Crippen molar-refractivity contribution in [1.82, 2.24) is 10.2 Å². The van der Waals surface area contributed by atoms with Crippen molar-refractivity contribution in [3.8, 4) is 11.5 Å². The maximum Gasteiger partial charge on any atom is 0.409 e. The fraction of sp³-hybridized carbons (Fsp3) is 0.588. The van der Waals surface area contributed by atoms with E-state index in [0.717, 1.165) is 0 Å². The number of aliphatic hydroxyl groups excluding tert-OH is 1. The molecular formula is C17H27ClN2O5. The molecule has 1 unspecified atom stereocenters. The lowest BCUT2D eigenvalue weighted by molar-refractivity contribution is 0.101. The van der Waals surface area contributed by atoms with E-state index in [-0.39, 0.29) is 19.8 Å². The molecule has 0 heterocycles. The van der Waals surface area contributed by atoms with Gasteiger partial charge in [0, 0.05) is 32.7 Å². The van der Waals surface area contributed by atoms with E-state index in [4.69, 9.17) is 25.8 Å². The second-order valence-electron chi connectivity index (χ2n) is 5.98. The molecule has 1 aromatic rings. The highest BCUT2D eigenvalue weighted by molar-refractivity contribution is 6.32. The van der Waals surface area contributed by atoms with Gasteiger partial charge in [-0.3, -0.25) is 0 Å². The minimum atomic E-state index is -0.624. The lowest BCUT2D eigenvalue weighted by Crippen LogP contribution is -2.35. The first-order chi connectivity index (χ1) is 11.8. The van der Waals surface area contributed by atoms with Gasteiger partial charge in [-0.1, -0.05) is 25.4 Å². The van der Waals surface area contributed by atoms with Crippen LogP contribution < -0.4 is 14.8 Å². The minimum Gasteiger partial charge on any atom is -0.490 e. The molecule has 2 N–H and O–H groups in total. The minimum absolute atomic E-state index is 0.139. The summed E-state index contributed by atoms with van der Waals surface area (Å²) in [5.74, 6) is 1.01. The molecule has 1 rings (SSSR count). The highest BCUT2D eigenvalue weighted by Gasteiger charge is 2.09. The Bertz CT molecular complexity index is 540. The third-order valence-corrected chi connectivity index (χ3v) is 3.33. The number of nitrogens with one attached hydrogen (secondary N) is 1. The van der Waals surface area contributed by atoms with Gasteiger partial charge in [-0.25, -0.2) is 4.79 Å². The van der Waals surface area contributed by atoms with Gasteiger partial charge >= 0.3 is 6.09 Å². The first-order valence-electron chi connectivity index (χ1n) is 8.10. The predicted octanol–water partition coefficient (Wildman–Crippen LogP) is 2.15. The number of ether oxygens (including phenoxy) is 3. The van der Waals surface area contributed by atoms with Crippen molar-refractivity contribution in [1.29, 1.82) is 0 Å². The van der Waals surface area contributed by atoms with Gasteiger partial charge in [-0.2, -0.15) is 0 Å². The van der Waals surface area contributed by atoms with Crippen molar-refractivity contribution in [2.45, 2.75) is 26.0 Å². The van der Waals surface area contributed by atoms with Crippen LogP contribution in [-0.2, 0) is 4.74 Å². The van der Waals surface area contributed by atoms with E-state index in [1.165, 1.54) is 4.90 Å². The molecule has 1 atom stereocenters. The number of carbonyl (C=O) groups excluding carboxylic acids is 1. The van der Waals surface area contributed by atoms with Crippen LogP contribution in [0.3, 0.4) is 0 Å². The largest absolute Gasteiger partial charge is 0.490 e. The molecule has 1 aromatic carbocycles. The molecule has 0 fully saturated rings. The van der Waals surface area contributed by atoms with Crippen molar-refractivity contribution in [3.05, 3.63) is 23.2 Å². The van der Waals surface area contributed by atoms with Crippen molar-refractivity contribution in [3.63, 3.8) is 0 Å². The van der Waals surface area contributed by atoms with Gasteiger partial charge in [0.05, 0.1) is 5.02 Å². The SMILES string of the molecule is CC(C)NCC(O)COc1ccc(OCCOC(=O)N(C)C)cc1Cl. The Kier molecular flexibility index (Phi) is 9.41. The fourth-order valence-corrected chi connectivity index (χ4v) is 1.95. The van der Waals surface area contributed by atoms with E-state index in [1.54, 1.807) is 32.3 Å². The topological polar surface area (TPSA) is 80.3 Å². The number of hydrogen-bond donors (Lipinski definition) is 2. The molecular weight excluding hydrogens is 348 g/mol. The van der Waals surface area contributed by atoms with Crippen LogP contribution >= 0.6 is 11.6 Å². The van der Waals surface area contributed by atoms with Crippen molar-refractivity contribution in [2.24, 2.45) is 0 Å². The zero-order valence-corrected chi connectivity index (χ0v) is 15.9. The molecule has 0 aliphatic rings. The number of nitrogens with zero attached hydrogens (tertiary/aromatic N) is 1. The van der Waals surface area contributed by atoms with Crippen molar-refractivity contribution < 1.29 is 24.1 Å². The first-order valence-corrected chi connectivity index (χ1v) is 8.48. The number of halogens is 1. The summed E-state index contributed by atoms with van der Waals surface area (Å²) in [5, 5.41) is 13.3. The zero-order valence-electron chi connectivity index (χ0n) is 15.1. The van der Waals surface area contributed by atoms with Gasteiger partial charge in [0.25, 0.3) is 0 Å². The summed E-state index contributed by atoms with van der Waals surface area (Å²) in [6.45, 7) is 4.95. The van der Waals surface area contributed by atoms with E-state index >= 15 is 0 Å². The number of amides is 1. The summed E-state index contributed by atoms with van der Waals surface area (Å²) in [6, 6.07) is 5.29. The summed E-state index contributed by atoms with van der Waals surface area (Å²) < 4.78 is 15.9. The van der Waals surface area contributed by atoms with Crippen LogP contribution in [0.4, 0.5) is 4.79 Å². The van der Waals surface area contributed by atoms with Crippen LogP contribution in [0.15, 0.2) is 18.2 Å². The molecule has 0 radical (unpaired) electrons. The smallest absolute Gasteiger partial charge is 0.409 e. The van der Waals surface area contributed by atoms with E-state index in [1.807, 2.05) is 13.8 Å². The van der Waals surface area contributed by atoms with E-state index in [2.05, 4.69) is 5.32 Å². The zero-order chi connectivity index (χ0) is 18.8. The van der Waals surface area contributed by atoms with Crippen molar-refractivity contribution >= 4 is 17.7 Å². The molecule has 0 aromatic heterocycles. The van der Waals surface area contributed by atoms with Crippen molar-refractivity contribution in [2.75, 3.05) is 40.5 Å². The molecule has 0 aliphatic carbocycles. The fourth-order valence-electron chi connectivity index (χ4n) is 1.72. The van der Waals surface area contributed by atoms with Gasteiger partial charge in [0.1, 0.15) is 37.4 Å². The average Bonchev–Trinajstić information content (AvgIpc) is 2.55. The van der Waals surface area contributed by atoms with Gasteiger partial charge in [0.15, 0.2) is 0 Å². The number of aliphatic hydroxyl groups is 1. The first kappa shape index (κ1) is 21.3. The Balaban J connectivity index is 2.37. The molecule has 0 saturated heterocycles. The molecule has 0 bridgehead atoms. The second-order valence-corrected chi connectivity index (χ2v) is 6.38. The third-order valence-electron chi connectivity index (χ3n) is 3.04. The number of benzene rings is 1. The van der Waals surface area contributed by atoms with E-state index in [9.17, 15) is 9.90 Å². The Morgan fingerprint density at radius 1 is 1.28 bits per heavy atom. The van der Waals surface area contributed by atoms with Gasteiger partial charge in [0.2, 0.25) is 0 Å². The highest BCUT2D eigenvalue weighted by atomic mass is 35.5. The Morgan fingerprint density at radius 2 is 2.00 bits per heavy atom. The standard InChI is InChI=1S/C17H27ClN2O5/c1-12(2)19-10-13(21)11-25-16-6-5-14(9-15(16)18)23-7-8-24-17(22)20(3)4/h5-6,9,12-13,19,21H,7-8,10-11H2,1-4H3. The molecule has 8 heteroatoms. The lowest BCUT2D eigenvalue weighted by atomic mass is 10.3. The Hall–Kier alpha value is -1.70. The van der Waals surface area contributed by atoms with Gasteiger partial charge < -0.3 is 29.5 Å². The molecule has 0 spiro atoms. The van der Waals surface area contributed by atoms with Crippen LogP contribution in [0.2, 0.25) is 5.02 Å². The average molecular weight is 375 g/mol. The molecule has 25 heavy (non-hydrogen) atoms. The molecule has 0 saturated carbocycles. The quantitative estimate of drug-likeness (QED) is 0.611. The van der Waals surface area contributed by atoms with Crippen LogP contribution in [0.25, 0.3) is 0 Å². The van der Waals surface area contributed by atoms with Gasteiger partial charge in [-0.05, 0) is 12.1 Å². The normalized spacial score (nSPS) is 12.0. The van der Waals surface area contributed by atoms with E-state index in [0.29, 0.717) is 29.1 Å². The van der Waals surface area contributed by atoms with Crippen LogP contribution in [0.1, 0.15) is 13.8 Å². The van der Waals surface area contributed by atoms with Crippen LogP contribution in [-0.4, -0.2) is 68.7 Å². The van der Waals surface area contributed by atoms with Gasteiger partial charge in [-0.15, -0.1) is 0 Å². The summed E-state index contributed by atoms with van der Waals surface area (Å²) in [4.78, 5) is 12.6. The van der Waals surface area contributed by atoms with Crippen LogP contribution in [0.5, 0.6) is 11.5 Å². The monoisotopic (exact) mass is 374 g/mol. The van der Waals surface area contributed by atoms with E-state index < -0.39 is 12.2 Å². The number of carbonyl (C=O) groups is 1. The summed E-state index contributed by atoms with van der Waals surface area (Å²) in [6.07, 6.45) is -1.04. The Morgan fingerprint density at radius 3 is 2.60 bits per heavy atom. The summed E-state index contributed by atoms with van der Waals surface area (Å²) in [5.41, 5.74) is 0. The Labute approximate surface area is 153 Å². The molecule has 7 nitrogen and oxygen atoms in total. The number of rotatable bonds is 10. The van der Waals surface area contributed by atoms with Crippen LogP contribution in [0, 0.1) is 0 Å². The maximum atomic E-state index is 11.2. The summed E-state index contributed by atoms with van der Waals surface area (Å²) in [7, 11) is 3.22. The molecule has 142 valence electrons. The second kappa shape index (κ2) is 11.0.